The van der Waals surface area contributed by atoms with E-state index in [-0.39, 0.29) is 11.0 Å². The average Bonchev–Trinajstić information content (AvgIpc) is 2.79. The van der Waals surface area contributed by atoms with E-state index in [1.165, 1.54) is 5.56 Å². The first-order valence-electron chi connectivity index (χ1n) is 6.88. The number of hydrogen-bond donors (Lipinski definition) is 1. The van der Waals surface area contributed by atoms with Gasteiger partial charge in [-0.15, -0.1) is 0 Å². The van der Waals surface area contributed by atoms with Crippen molar-refractivity contribution < 1.29 is 8.42 Å². The smallest absolute Gasteiger partial charge is 0.154 e. The Morgan fingerprint density at radius 3 is 2.65 bits per heavy atom. The minimum Gasteiger partial charge on any atom is -0.346 e. The van der Waals surface area contributed by atoms with Crippen LogP contribution in [0.3, 0.4) is 0 Å². The van der Waals surface area contributed by atoms with E-state index in [0.29, 0.717) is 6.54 Å². The second-order valence-corrected chi connectivity index (χ2v) is 8.03. The van der Waals surface area contributed by atoms with Gasteiger partial charge in [-0.2, -0.15) is 0 Å². The van der Waals surface area contributed by atoms with Crippen LogP contribution in [0.15, 0.2) is 30.5 Å². The van der Waals surface area contributed by atoms with Crippen molar-refractivity contribution in [2.75, 3.05) is 12.8 Å². The highest BCUT2D eigenvalue weighted by molar-refractivity contribution is 7.91. The van der Waals surface area contributed by atoms with Crippen molar-refractivity contribution in [3.8, 4) is 0 Å². The van der Waals surface area contributed by atoms with E-state index in [4.69, 9.17) is 0 Å². The molecule has 1 aromatic heterocycles. The van der Waals surface area contributed by atoms with Gasteiger partial charge >= 0.3 is 0 Å². The van der Waals surface area contributed by atoms with Crippen LogP contribution in [0.4, 0.5) is 0 Å². The lowest BCUT2D eigenvalue weighted by molar-refractivity contribution is 0.581. The molecule has 0 aliphatic carbocycles. The number of nitrogens with one attached hydrogen (secondary N) is 1. The van der Waals surface area contributed by atoms with Crippen molar-refractivity contribution in [1.29, 1.82) is 0 Å². The quantitative estimate of drug-likeness (QED) is 0.888. The number of benzene rings is 1. The maximum absolute atomic E-state index is 11.9. The SMILES string of the molecule is CNCc1ccc2ccn(CCS(=O)(=O)C(C)C)c2c1. The van der Waals surface area contributed by atoms with Crippen molar-refractivity contribution in [3.05, 3.63) is 36.0 Å². The Labute approximate surface area is 120 Å². The zero-order chi connectivity index (χ0) is 14.8. The maximum atomic E-state index is 11.9. The summed E-state index contributed by atoms with van der Waals surface area (Å²) in [4.78, 5) is 0. The molecule has 0 atom stereocenters. The molecule has 0 saturated heterocycles. The topological polar surface area (TPSA) is 51.1 Å². The number of hydrogen-bond acceptors (Lipinski definition) is 3. The molecule has 110 valence electrons. The summed E-state index contributed by atoms with van der Waals surface area (Å²) in [5.41, 5.74) is 2.29. The van der Waals surface area contributed by atoms with E-state index >= 15 is 0 Å². The highest BCUT2D eigenvalue weighted by Crippen LogP contribution is 2.18. The van der Waals surface area contributed by atoms with Gasteiger partial charge in [-0.1, -0.05) is 12.1 Å². The molecule has 0 unspecified atom stereocenters. The molecular formula is C15H22N2O2S. The average molecular weight is 294 g/mol. The van der Waals surface area contributed by atoms with Crippen LogP contribution >= 0.6 is 0 Å². The van der Waals surface area contributed by atoms with Gasteiger partial charge in [-0.3, -0.25) is 0 Å². The molecule has 2 rings (SSSR count). The molecule has 1 aromatic carbocycles. The van der Waals surface area contributed by atoms with Gasteiger partial charge in [-0.05, 0) is 44.0 Å². The van der Waals surface area contributed by atoms with Crippen LogP contribution in [0.1, 0.15) is 19.4 Å². The Balaban J connectivity index is 2.24. The molecule has 0 saturated carbocycles. The van der Waals surface area contributed by atoms with E-state index in [9.17, 15) is 8.42 Å². The van der Waals surface area contributed by atoms with E-state index in [0.717, 1.165) is 17.4 Å². The Kier molecular flexibility index (Phi) is 4.50. The molecule has 0 spiro atoms. The van der Waals surface area contributed by atoms with Crippen LogP contribution in [0.2, 0.25) is 0 Å². The van der Waals surface area contributed by atoms with Crippen molar-refractivity contribution >= 4 is 20.7 Å². The summed E-state index contributed by atoms with van der Waals surface area (Å²) in [6.45, 7) is 4.78. The fourth-order valence-electron chi connectivity index (χ4n) is 2.20. The summed E-state index contributed by atoms with van der Waals surface area (Å²) < 4.78 is 25.8. The van der Waals surface area contributed by atoms with Gasteiger partial charge in [0.2, 0.25) is 0 Å². The lowest BCUT2D eigenvalue weighted by Crippen LogP contribution is -2.20. The fourth-order valence-corrected chi connectivity index (χ4v) is 3.12. The molecule has 0 radical (unpaired) electrons. The molecule has 0 aliphatic heterocycles. The third kappa shape index (κ3) is 3.22. The van der Waals surface area contributed by atoms with Crippen LogP contribution in [0.25, 0.3) is 10.9 Å². The standard InChI is InChI=1S/C15H22N2O2S/c1-12(2)20(18,19)9-8-17-7-6-14-5-4-13(11-16-3)10-15(14)17/h4-7,10,12,16H,8-9,11H2,1-3H3. The molecule has 0 bridgehead atoms. The van der Waals surface area contributed by atoms with Gasteiger partial charge in [-0.25, -0.2) is 8.42 Å². The van der Waals surface area contributed by atoms with Gasteiger partial charge in [0, 0.05) is 24.8 Å². The Morgan fingerprint density at radius 1 is 1.25 bits per heavy atom. The number of rotatable bonds is 6. The first-order chi connectivity index (χ1) is 9.44. The first kappa shape index (κ1) is 15.1. The van der Waals surface area contributed by atoms with Gasteiger partial charge in [0.15, 0.2) is 9.84 Å². The van der Waals surface area contributed by atoms with Crippen molar-refractivity contribution in [2.24, 2.45) is 0 Å². The third-order valence-corrected chi connectivity index (χ3v) is 5.74. The third-order valence-electron chi connectivity index (χ3n) is 3.55. The molecule has 20 heavy (non-hydrogen) atoms. The zero-order valence-electron chi connectivity index (χ0n) is 12.3. The number of nitrogens with zero attached hydrogens (tertiary/aromatic N) is 1. The minimum absolute atomic E-state index is 0.185. The van der Waals surface area contributed by atoms with Crippen LogP contribution < -0.4 is 5.32 Å². The van der Waals surface area contributed by atoms with Crippen molar-refractivity contribution in [1.82, 2.24) is 9.88 Å². The molecule has 2 aromatic rings. The fraction of sp³-hybridized carbons (Fsp3) is 0.467. The summed E-state index contributed by atoms with van der Waals surface area (Å²) in [6.07, 6.45) is 1.96. The predicted octanol–water partition coefficient (Wildman–Crippen LogP) is 2.18. The molecule has 1 N–H and O–H groups in total. The van der Waals surface area contributed by atoms with Crippen molar-refractivity contribution in [3.63, 3.8) is 0 Å². The van der Waals surface area contributed by atoms with Gasteiger partial charge in [0.05, 0.1) is 11.0 Å². The molecule has 0 fully saturated rings. The number of fused-ring (bicyclic) bond motifs is 1. The summed E-state index contributed by atoms with van der Waals surface area (Å²) in [7, 11) is -1.08. The largest absolute Gasteiger partial charge is 0.346 e. The monoisotopic (exact) mass is 294 g/mol. The molecule has 1 heterocycles. The molecule has 0 amide bonds. The minimum atomic E-state index is -3.00. The van der Waals surface area contributed by atoms with Crippen LogP contribution in [0.5, 0.6) is 0 Å². The summed E-state index contributed by atoms with van der Waals surface area (Å²) in [5.74, 6) is 0.185. The van der Waals surface area contributed by atoms with Gasteiger partial charge in [0.1, 0.15) is 0 Å². The lowest BCUT2D eigenvalue weighted by atomic mass is 10.1. The van der Waals surface area contributed by atoms with E-state index in [1.807, 2.05) is 23.9 Å². The number of aromatic nitrogens is 1. The van der Waals surface area contributed by atoms with E-state index in [2.05, 4.69) is 23.5 Å². The number of sulfone groups is 1. The Morgan fingerprint density at radius 2 is 2.00 bits per heavy atom. The van der Waals surface area contributed by atoms with Crippen LogP contribution in [-0.2, 0) is 22.9 Å². The Hall–Kier alpha value is -1.33. The van der Waals surface area contributed by atoms with Crippen LogP contribution in [0, 0.1) is 0 Å². The zero-order valence-corrected chi connectivity index (χ0v) is 13.1. The second kappa shape index (κ2) is 5.97. The molecule has 4 nitrogen and oxygen atoms in total. The van der Waals surface area contributed by atoms with E-state index in [1.54, 1.807) is 13.8 Å². The first-order valence-corrected chi connectivity index (χ1v) is 8.59. The summed E-state index contributed by atoms with van der Waals surface area (Å²) in [5, 5.41) is 3.96. The second-order valence-electron chi connectivity index (χ2n) is 5.35. The van der Waals surface area contributed by atoms with Crippen molar-refractivity contribution in [2.45, 2.75) is 32.2 Å². The summed E-state index contributed by atoms with van der Waals surface area (Å²) in [6, 6.07) is 8.32. The molecule has 5 heteroatoms. The Bertz CT molecular complexity index is 687. The highest BCUT2D eigenvalue weighted by atomic mass is 32.2. The molecular weight excluding hydrogens is 272 g/mol. The normalized spacial score (nSPS) is 12.4. The predicted molar refractivity (Wildman–Crippen MR) is 83.6 cm³/mol. The van der Waals surface area contributed by atoms with Gasteiger partial charge in [0.25, 0.3) is 0 Å². The van der Waals surface area contributed by atoms with E-state index < -0.39 is 9.84 Å². The van der Waals surface area contributed by atoms with Crippen LogP contribution in [-0.4, -0.2) is 31.0 Å². The van der Waals surface area contributed by atoms with Gasteiger partial charge < -0.3 is 9.88 Å². The lowest BCUT2D eigenvalue weighted by Gasteiger charge is -2.10. The molecule has 0 aliphatic rings. The number of aryl methyl sites for hydroxylation is 1. The summed E-state index contributed by atoms with van der Waals surface area (Å²) >= 11 is 0. The highest BCUT2D eigenvalue weighted by Gasteiger charge is 2.16. The maximum Gasteiger partial charge on any atom is 0.154 e.